The lowest BCUT2D eigenvalue weighted by Gasteiger charge is -2.30. The van der Waals surface area contributed by atoms with Crippen LogP contribution in [0, 0.1) is 17.8 Å². The van der Waals surface area contributed by atoms with Gasteiger partial charge in [-0.15, -0.1) is 0 Å². The first-order valence-electron chi connectivity index (χ1n) is 5.67. The van der Waals surface area contributed by atoms with Crippen molar-refractivity contribution in [2.75, 3.05) is 7.11 Å². The van der Waals surface area contributed by atoms with Crippen molar-refractivity contribution in [1.82, 2.24) is 0 Å². The number of rotatable bonds is 3. The fraction of sp³-hybridized carbons (Fsp3) is 0.750. The van der Waals surface area contributed by atoms with Crippen molar-refractivity contribution in [3.05, 3.63) is 0 Å². The number of hydrogen-bond acceptors (Lipinski definition) is 4. The zero-order valence-electron chi connectivity index (χ0n) is 9.99. The van der Waals surface area contributed by atoms with Crippen LogP contribution in [0.15, 0.2) is 0 Å². The van der Waals surface area contributed by atoms with Crippen molar-refractivity contribution in [1.29, 1.82) is 0 Å². The standard InChI is InChI=1S/C12H18O4/c1-4-5-8-6-9(13)7(2)11(14)10(8)12(15)16-3/h7-8,10H,4-6H2,1-3H3. The molecule has 1 aliphatic carbocycles. The Labute approximate surface area is 95.3 Å². The summed E-state index contributed by atoms with van der Waals surface area (Å²) in [6, 6.07) is 0. The molecule has 1 saturated carbocycles. The van der Waals surface area contributed by atoms with Gasteiger partial charge in [-0.1, -0.05) is 13.3 Å². The topological polar surface area (TPSA) is 60.4 Å². The predicted octanol–water partition coefficient (Wildman–Crippen LogP) is 1.37. The molecule has 90 valence electrons. The summed E-state index contributed by atoms with van der Waals surface area (Å²) in [7, 11) is 1.28. The highest BCUT2D eigenvalue weighted by Crippen LogP contribution is 2.32. The van der Waals surface area contributed by atoms with E-state index in [9.17, 15) is 14.4 Å². The zero-order chi connectivity index (χ0) is 12.3. The summed E-state index contributed by atoms with van der Waals surface area (Å²) in [5.41, 5.74) is 0. The molecule has 0 aromatic heterocycles. The Balaban J connectivity index is 2.92. The predicted molar refractivity (Wildman–Crippen MR) is 57.7 cm³/mol. The summed E-state index contributed by atoms with van der Waals surface area (Å²) < 4.78 is 4.65. The van der Waals surface area contributed by atoms with E-state index in [0.717, 1.165) is 6.42 Å². The zero-order valence-corrected chi connectivity index (χ0v) is 9.99. The highest BCUT2D eigenvalue weighted by atomic mass is 16.5. The minimum absolute atomic E-state index is 0.0522. The fourth-order valence-electron chi connectivity index (χ4n) is 2.29. The van der Waals surface area contributed by atoms with Crippen LogP contribution in [0.4, 0.5) is 0 Å². The number of methoxy groups -OCH3 is 1. The van der Waals surface area contributed by atoms with E-state index < -0.39 is 17.8 Å². The molecule has 1 fully saturated rings. The lowest BCUT2D eigenvalue weighted by molar-refractivity contribution is -0.156. The molecule has 0 radical (unpaired) electrons. The molecule has 0 aromatic rings. The lowest BCUT2D eigenvalue weighted by atomic mass is 9.71. The highest BCUT2D eigenvalue weighted by Gasteiger charge is 2.44. The quantitative estimate of drug-likeness (QED) is 0.538. The van der Waals surface area contributed by atoms with Gasteiger partial charge in [-0.25, -0.2) is 0 Å². The van der Waals surface area contributed by atoms with Gasteiger partial charge in [-0.2, -0.15) is 0 Å². The Kier molecular flexibility index (Phi) is 4.21. The Morgan fingerprint density at radius 1 is 1.44 bits per heavy atom. The molecular formula is C12H18O4. The molecule has 16 heavy (non-hydrogen) atoms. The number of esters is 1. The summed E-state index contributed by atoms with van der Waals surface area (Å²) in [4.78, 5) is 35.0. The summed E-state index contributed by atoms with van der Waals surface area (Å²) in [5.74, 6) is -2.39. The molecule has 1 aliphatic rings. The van der Waals surface area contributed by atoms with E-state index in [0.29, 0.717) is 12.8 Å². The molecule has 0 aromatic carbocycles. The smallest absolute Gasteiger partial charge is 0.316 e. The van der Waals surface area contributed by atoms with Gasteiger partial charge < -0.3 is 4.74 Å². The van der Waals surface area contributed by atoms with Gasteiger partial charge in [0.2, 0.25) is 0 Å². The minimum Gasteiger partial charge on any atom is -0.468 e. The van der Waals surface area contributed by atoms with E-state index in [2.05, 4.69) is 4.74 Å². The van der Waals surface area contributed by atoms with Crippen LogP contribution in [-0.4, -0.2) is 24.6 Å². The number of hydrogen-bond donors (Lipinski definition) is 0. The minimum atomic E-state index is -0.738. The first-order chi connectivity index (χ1) is 7.52. The summed E-state index contributed by atoms with van der Waals surface area (Å²) in [6.45, 7) is 3.55. The van der Waals surface area contributed by atoms with Crippen LogP contribution < -0.4 is 0 Å². The maximum atomic E-state index is 11.9. The third-order valence-electron chi connectivity index (χ3n) is 3.27. The monoisotopic (exact) mass is 226 g/mol. The molecule has 0 spiro atoms. The first kappa shape index (κ1) is 12.9. The van der Waals surface area contributed by atoms with Crippen LogP contribution in [0.1, 0.15) is 33.1 Å². The molecule has 4 heteroatoms. The van der Waals surface area contributed by atoms with Gasteiger partial charge >= 0.3 is 5.97 Å². The molecule has 0 aliphatic heterocycles. The number of ketones is 2. The molecule has 1 rings (SSSR count). The van der Waals surface area contributed by atoms with Gasteiger partial charge in [0.15, 0.2) is 5.78 Å². The van der Waals surface area contributed by atoms with E-state index in [-0.39, 0.29) is 17.5 Å². The normalized spacial score (nSPS) is 30.3. The Morgan fingerprint density at radius 2 is 2.06 bits per heavy atom. The molecule has 4 nitrogen and oxygen atoms in total. The summed E-state index contributed by atoms with van der Waals surface area (Å²) in [5, 5.41) is 0. The Hall–Kier alpha value is -1.19. The van der Waals surface area contributed by atoms with Crippen LogP contribution in [0.2, 0.25) is 0 Å². The average molecular weight is 226 g/mol. The van der Waals surface area contributed by atoms with Crippen molar-refractivity contribution in [2.45, 2.75) is 33.1 Å². The van der Waals surface area contributed by atoms with Crippen molar-refractivity contribution in [2.24, 2.45) is 17.8 Å². The van der Waals surface area contributed by atoms with Gasteiger partial charge in [0.05, 0.1) is 13.0 Å². The number of carbonyl (C=O) groups excluding carboxylic acids is 3. The SMILES string of the molecule is CCCC1CC(=O)C(C)C(=O)C1C(=O)OC. The maximum absolute atomic E-state index is 11.9. The number of carbonyl (C=O) groups is 3. The molecular weight excluding hydrogens is 208 g/mol. The van der Waals surface area contributed by atoms with Gasteiger partial charge in [-0.05, 0) is 19.3 Å². The van der Waals surface area contributed by atoms with Crippen molar-refractivity contribution in [3.63, 3.8) is 0 Å². The van der Waals surface area contributed by atoms with Crippen LogP contribution in [0.25, 0.3) is 0 Å². The summed E-state index contributed by atoms with van der Waals surface area (Å²) >= 11 is 0. The third-order valence-corrected chi connectivity index (χ3v) is 3.27. The lowest BCUT2D eigenvalue weighted by Crippen LogP contribution is -2.44. The van der Waals surface area contributed by atoms with Crippen LogP contribution >= 0.6 is 0 Å². The van der Waals surface area contributed by atoms with E-state index in [1.54, 1.807) is 6.92 Å². The average Bonchev–Trinajstić information content (AvgIpc) is 2.26. The van der Waals surface area contributed by atoms with E-state index in [1.165, 1.54) is 7.11 Å². The second kappa shape index (κ2) is 5.23. The van der Waals surface area contributed by atoms with Crippen LogP contribution in [0.5, 0.6) is 0 Å². The van der Waals surface area contributed by atoms with Crippen LogP contribution in [-0.2, 0) is 19.1 Å². The molecule has 3 atom stereocenters. The van der Waals surface area contributed by atoms with Crippen molar-refractivity contribution >= 4 is 17.5 Å². The van der Waals surface area contributed by atoms with E-state index >= 15 is 0 Å². The molecule has 0 heterocycles. The molecule has 3 unspecified atom stereocenters. The van der Waals surface area contributed by atoms with Gasteiger partial charge in [0.1, 0.15) is 11.7 Å². The van der Waals surface area contributed by atoms with Crippen molar-refractivity contribution < 1.29 is 19.1 Å². The number of Topliss-reactive ketones (excluding diaryl/α,β-unsaturated/α-hetero) is 2. The second-order valence-electron chi connectivity index (χ2n) is 4.34. The molecule has 0 saturated heterocycles. The third kappa shape index (κ3) is 2.31. The Morgan fingerprint density at radius 3 is 2.56 bits per heavy atom. The van der Waals surface area contributed by atoms with Gasteiger partial charge in [0, 0.05) is 6.42 Å². The van der Waals surface area contributed by atoms with Crippen molar-refractivity contribution in [3.8, 4) is 0 Å². The van der Waals surface area contributed by atoms with Gasteiger partial charge in [0.25, 0.3) is 0 Å². The summed E-state index contributed by atoms with van der Waals surface area (Å²) in [6.07, 6.45) is 1.89. The molecule has 0 N–H and O–H groups in total. The highest BCUT2D eigenvalue weighted by molar-refractivity contribution is 6.12. The van der Waals surface area contributed by atoms with E-state index in [1.807, 2.05) is 6.92 Å². The first-order valence-corrected chi connectivity index (χ1v) is 5.67. The Bertz CT molecular complexity index is 308. The van der Waals surface area contributed by atoms with Crippen LogP contribution in [0.3, 0.4) is 0 Å². The van der Waals surface area contributed by atoms with Gasteiger partial charge in [-0.3, -0.25) is 14.4 Å². The second-order valence-corrected chi connectivity index (χ2v) is 4.34. The van der Waals surface area contributed by atoms with E-state index in [4.69, 9.17) is 0 Å². The fourth-order valence-corrected chi connectivity index (χ4v) is 2.29. The number of ether oxygens (including phenoxy) is 1. The largest absolute Gasteiger partial charge is 0.468 e. The molecule has 0 amide bonds. The molecule has 0 bridgehead atoms. The maximum Gasteiger partial charge on any atom is 0.316 e.